The summed E-state index contributed by atoms with van der Waals surface area (Å²) >= 11 is 0. The Morgan fingerprint density at radius 1 is 1.29 bits per heavy atom. The average molecular weight is 316 g/mol. The van der Waals surface area contributed by atoms with Crippen LogP contribution >= 0.6 is 0 Å². The van der Waals surface area contributed by atoms with Crippen molar-refractivity contribution in [3.05, 3.63) is 35.6 Å². The largest absolute Gasteiger partial charge is 0.351 e. The maximum absolute atomic E-state index is 13.4. The van der Waals surface area contributed by atoms with Crippen molar-refractivity contribution in [1.82, 2.24) is 9.62 Å². The van der Waals surface area contributed by atoms with Gasteiger partial charge in [0.05, 0.1) is 11.8 Å². The molecule has 1 amide bonds. The number of nitrogens with zero attached hydrogens (tertiary/aromatic N) is 1. The Hall–Kier alpha value is -1.47. The second-order valence-corrected chi connectivity index (χ2v) is 7.65. The van der Waals surface area contributed by atoms with Crippen molar-refractivity contribution in [2.45, 2.75) is 26.3 Å². The zero-order chi connectivity index (χ0) is 16.3. The zero-order valence-electron chi connectivity index (χ0n) is 12.7. The number of hydrogen-bond donors (Lipinski definition) is 1. The van der Waals surface area contributed by atoms with Gasteiger partial charge in [-0.2, -0.15) is 4.31 Å². The summed E-state index contributed by atoms with van der Waals surface area (Å²) in [5, 5.41) is 2.53. The molecular weight excluding hydrogens is 295 g/mol. The van der Waals surface area contributed by atoms with Crippen LogP contribution < -0.4 is 5.32 Å². The van der Waals surface area contributed by atoms with Gasteiger partial charge in [-0.1, -0.05) is 12.1 Å². The van der Waals surface area contributed by atoms with Gasteiger partial charge in [0.25, 0.3) is 5.91 Å². The molecular formula is C14H21FN2O3S. The molecule has 0 atom stereocenters. The zero-order valence-corrected chi connectivity index (χ0v) is 13.5. The molecule has 118 valence electrons. The van der Waals surface area contributed by atoms with Gasteiger partial charge >= 0.3 is 0 Å². The number of hydrogen-bond acceptors (Lipinski definition) is 3. The lowest BCUT2D eigenvalue weighted by Crippen LogP contribution is -2.48. The maximum Gasteiger partial charge on any atom is 0.254 e. The van der Waals surface area contributed by atoms with Crippen molar-refractivity contribution < 1.29 is 17.6 Å². The smallest absolute Gasteiger partial charge is 0.254 e. The molecule has 5 nitrogen and oxygen atoms in total. The molecule has 0 aliphatic rings. The van der Waals surface area contributed by atoms with Crippen molar-refractivity contribution in [2.24, 2.45) is 0 Å². The monoisotopic (exact) mass is 316 g/mol. The molecule has 1 rings (SSSR count). The molecule has 0 aromatic heterocycles. The SMILES string of the molecule is CC(C)(C)N(CCNC(=O)c1ccccc1F)S(C)(=O)=O. The highest BCUT2D eigenvalue weighted by molar-refractivity contribution is 7.88. The van der Waals surface area contributed by atoms with E-state index in [9.17, 15) is 17.6 Å². The Morgan fingerprint density at radius 3 is 2.33 bits per heavy atom. The number of nitrogens with one attached hydrogen (secondary N) is 1. The van der Waals surface area contributed by atoms with E-state index in [0.29, 0.717) is 0 Å². The van der Waals surface area contributed by atoms with E-state index in [1.165, 1.54) is 22.5 Å². The van der Waals surface area contributed by atoms with Crippen LogP contribution in [0.2, 0.25) is 0 Å². The number of rotatable bonds is 5. The minimum atomic E-state index is -3.39. The number of halogens is 1. The first-order chi connectivity index (χ1) is 9.53. The van der Waals surface area contributed by atoms with Gasteiger partial charge in [0.15, 0.2) is 0 Å². The number of amides is 1. The summed E-state index contributed by atoms with van der Waals surface area (Å²) in [6, 6.07) is 5.64. The summed E-state index contributed by atoms with van der Waals surface area (Å²) in [6.07, 6.45) is 1.12. The summed E-state index contributed by atoms with van der Waals surface area (Å²) in [5.41, 5.74) is -0.643. The van der Waals surface area contributed by atoms with Crippen LogP contribution in [0.4, 0.5) is 4.39 Å². The lowest BCUT2D eigenvalue weighted by molar-refractivity contribution is 0.0944. The molecule has 0 saturated heterocycles. The fourth-order valence-electron chi connectivity index (χ4n) is 2.01. The van der Waals surface area contributed by atoms with Crippen molar-refractivity contribution in [1.29, 1.82) is 0 Å². The van der Waals surface area contributed by atoms with Crippen LogP contribution in [0.1, 0.15) is 31.1 Å². The second-order valence-electron chi connectivity index (χ2n) is 5.74. The number of sulfonamides is 1. The maximum atomic E-state index is 13.4. The van der Waals surface area contributed by atoms with Crippen LogP contribution in [-0.4, -0.2) is 43.5 Å². The predicted molar refractivity (Wildman–Crippen MR) is 80.0 cm³/mol. The molecule has 7 heteroatoms. The first-order valence-electron chi connectivity index (χ1n) is 6.54. The second kappa shape index (κ2) is 6.53. The minimum Gasteiger partial charge on any atom is -0.351 e. The third-order valence-electron chi connectivity index (χ3n) is 2.87. The van der Waals surface area contributed by atoms with Crippen molar-refractivity contribution >= 4 is 15.9 Å². The van der Waals surface area contributed by atoms with Gasteiger partial charge in [-0.25, -0.2) is 12.8 Å². The summed E-state index contributed by atoms with van der Waals surface area (Å²) in [5.74, 6) is -1.17. The van der Waals surface area contributed by atoms with Gasteiger partial charge in [-0.3, -0.25) is 4.79 Å². The van der Waals surface area contributed by atoms with Crippen molar-refractivity contribution in [2.75, 3.05) is 19.3 Å². The number of carbonyl (C=O) groups excluding carboxylic acids is 1. The van der Waals surface area contributed by atoms with Gasteiger partial charge in [0.2, 0.25) is 10.0 Å². The average Bonchev–Trinajstić information content (AvgIpc) is 2.31. The highest BCUT2D eigenvalue weighted by Gasteiger charge is 2.29. The van der Waals surface area contributed by atoms with Crippen LogP contribution in [0.15, 0.2) is 24.3 Å². The van der Waals surface area contributed by atoms with Crippen molar-refractivity contribution in [3.8, 4) is 0 Å². The van der Waals surface area contributed by atoms with E-state index in [1.54, 1.807) is 26.8 Å². The van der Waals surface area contributed by atoms with E-state index < -0.39 is 27.3 Å². The summed E-state index contributed by atoms with van der Waals surface area (Å²) in [6.45, 7) is 5.55. The van der Waals surface area contributed by atoms with E-state index in [1.807, 2.05) is 0 Å². The van der Waals surface area contributed by atoms with E-state index in [4.69, 9.17) is 0 Å². The molecule has 0 aliphatic carbocycles. The standard InChI is InChI=1S/C14H21FN2O3S/c1-14(2,3)17(21(4,19)20)10-9-16-13(18)11-7-5-6-8-12(11)15/h5-8H,9-10H2,1-4H3,(H,16,18). The molecule has 0 unspecified atom stereocenters. The number of carbonyl (C=O) groups is 1. The lowest BCUT2D eigenvalue weighted by atomic mass is 10.1. The first kappa shape index (κ1) is 17.6. The molecule has 0 aliphatic heterocycles. The van der Waals surface area contributed by atoms with Crippen LogP contribution in [0, 0.1) is 5.82 Å². The normalized spacial score (nSPS) is 12.5. The topological polar surface area (TPSA) is 66.5 Å². The van der Waals surface area contributed by atoms with Crippen LogP contribution in [0.5, 0.6) is 0 Å². The van der Waals surface area contributed by atoms with E-state index in [0.717, 1.165) is 6.26 Å². The van der Waals surface area contributed by atoms with E-state index in [-0.39, 0.29) is 18.7 Å². The lowest BCUT2D eigenvalue weighted by Gasteiger charge is -2.33. The molecule has 21 heavy (non-hydrogen) atoms. The first-order valence-corrected chi connectivity index (χ1v) is 8.39. The van der Waals surface area contributed by atoms with Crippen LogP contribution in [0.25, 0.3) is 0 Å². The van der Waals surface area contributed by atoms with Crippen molar-refractivity contribution in [3.63, 3.8) is 0 Å². The molecule has 0 bridgehead atoms. The predicted octanol–water partition coefficient (Wildman–Crippen LogP) is 1.62. The molecule has 0 spiro atoms. The molecule has 0 radical (unpaired) electrons. The Kier molecular flexibility index (Phi) is 5.47. The molecule has 0 heterocycles. The van der Waals surface area contributed by atoms with Gasteiger partial charge in [0.1, 0.15) is 5.82 Å². The quantitative estimate of drug-likeness (QED) is 0.897. The summed E-state index contributed by atoms with van der Waals surface area (Å²) in [7, 11) is -3.39. The highest BCUT2D eigenvalue weighted by Crippen LogP contribution is 2.16. The molecule has 1 aromatic rings. The van der Waals surface area contributed by atoms with Crippen LogP contribution in [-0.2, 0) is 10.0 Å². The number of benzene rings is 1. The highest BCUT2D eigenvalue weighted by atomic mass is 32.2. The molecule has 0 saturated carbocycles. The van der Waals surface area contributed by atoms with Gasteiger partial charge in [-0.15, -0.1) is 0 Å². The van der Waals surface area contributed by atoms with E-state index >= 15 is 0 Å². The van der Waals surface area contributed by atoms with Gasteiger partial charge in [0, 0.05) is 18.6 Å². The fourth-order valence-corrected chi connectivity index (χ4v) is 3.43. The van der Waals surface area contributed by atoms with Crippen LogP contribution in [0.3, 0.4) is 0 Å². The molecule has 0 fully saturated rings. The minimum absolute atomic E-state index is 0.0563. The van der Waals surface area contributed by atoms with Gasteiger partial charge in [-0.05, 0) is 32.9 Å². The molecule has 1 N–H and O–H groups in total. The Labute approximate surface area is 125 Å². The third kappa shape index (κ3) is 5.09. The third-order valence-corrected chi connectivity index (χ3v) is 4.40. The Bertz CT molecular complexity index is 609. The molecule has 1 aromatic carbocycles. The summed E-state index contributed by atoms with van der Waals surface area (Å²) in [4.78, 5) is 11.8. The Morgan fingerprint density at radius 2 is 1.86 bits per heavy atom. The Balaban J connectivity index is 2.68. The van der Waals surface area contributed by atoms with Gasteiger partial charge < -0.3 is 5.32 Å². The fraction of sp³-hybridized carbons (Fsp3) is 0.500. The van der Waals surface area contributed by atoms with E-state index in [2.05, 4.69) is 5.32 Å². The summed E-state index contributed by atoms with van der Waals surface area (Å²) < 4.78 is 38.2.